The second kappa shape index (κ2) is 6.67. The Balaban J connectivity index is 1.93. The van der Waals surface area contributed by atoms with E-state index in [4.69, 9.17) is 10.00 Å². The molecule has 24 heavy (non-hydrogen) atoms. The summed E-state index contributed by atoms with van der Waals surface area (Å²) < 4.78 is 5.13. The summed E-state index contributed by atoms with van der Waals surface area (Å²) in [5, 5.41) is 12.0. The number of aromatic nitrogens is 2. The minimum absolute atomic E-state index is 0.269. The first-order chi connectivity index (χ1) is 11.7. The van der Waals surface area contributed by atoms with Crippen LogP contribution in [0.15, 0.2) is 59.4 Å². The van der Waals surface area contributed by atoms with Crippen LogP contribution in [0.3, 0.4) is 0 Å². The molecule has 3 rings (SSSR count). The van der Waals surface area contributed by atoms with Gasteiger partial charge in [0, 0.05) is 17.3 Å². The summed E-state index contributed by atoms with van der Waals surface area (Å²) in [7, 11) is 1.60. The van der Waals surface area contributed by atoms with E-state index < -0.39 is 0 Å². The molecule has 0 aliphatic carbocycles. The van der Waals surface area contributed by atoms with Gasteiger partial charge in [-0.05, 0) is 42.5 Å². The van der Waals surface area contributed by atoms with Gasteiger partial charge < -0.3 is 10.1 Å². The van der Waals surface area contributed by atoms with Gasteiger partial charge >= 0.3 is 0 Å². The number of benzene rings is 2. The smallest absolute Gasteiger partial charge is 0.252 e. The van der Waals surface area contributed by atoms with Gasteiger partial charge in [-0.3, -0.25) is 9.78 Å². The topological polar surface area (TPSA) is 90.8 Å². The Hall–Kier alpha value is -3.59. The average molecular weight is 318 g/mol. The molecule has 118 valence electrons. The standard InChI is InChI=1S/C18H14N4O2/c1-24-15-7-5-13(6-8-15)16-10-17(23)22-18(21-16)20-14-4-2-3-12(9-14)11-19/h2-10H,1H3,(H2,20,21,22,23). The highest BCUT2D eigenvalue weighted by Gasteiger charge is 2.05. The van der Waals surface area contributed by atoms with Gasteiger partial charge in [0.2, 0.25) is 5.95 Å². The van der Waals surface area contributed by atoms with Gasteiger partial charge in [0.1, 0.15) is 5.75 Å². The fraction of sp³-hybridized carbons (Fsp3) is 0.0556. The lowest BCUT2D eigenvalue weighted by atomic mass is 10.1. The molecule has 0 unspecified atom stereocenters. The third-order valence-corrected chi connectivity index (χ3v) is 3.38. The van der Waals surface area contributed by atoms with Crippen LogP contribution < -0.4 is 15.6 Å². The molecule has 1 heterocycles. The average Bonchev–Trinajstić information content (AvgIpc) is 2.61. The minimum Gasteiger partial charge on any atom is -0.497 e. The highest BCUT2D eigenvalue weighted by atomic mass is 16.5. The third kappa shape index (κ3) is 3.42. The van der Waals surface area contributed by atoms with Crippen LogP contribution in [0.4, 0.5) is 11.6 Å². The fourth-order valence-corrected chi connectivity index (χ4v) is 2.23. The predicted octanol–water partition coefficient (Wildman–Crippen LogP) is 3.06. The van der Waals surface area contributed by atoms with Crippen molar-refractivity contribution in [2.75, 3.05) is 12.4 Å². The summed E-state index contributed by atoms with van der Waals surface area (Å²) >= 11 is 0. The number of nitrogens with one attached hydrogen (secondary N) is 2. The van der Waals surface area contributed by atoms with Crippen LogP contribution in [0.1, 0.15) is 5.56 Å². The van der Waals surface area contributed by atoms with E-state index in [2.05, 4.69) is 21.4 Å². The molecule has 2 N–H and O–H groups in total. The van der Waals surface area contributed by atoms with Gasteiger partial charge in [-0.2, -0.15) is 5.26 Å². The zero-order valence-corrected chi connectivity index (χ0v) is 12.9. The van der Waals surface area contributed by atoms with Crippen LogP contribution in [-0.2, 0) is 0 Å². The molecule has 0 saturated carbocycles. The number of nitrogens with zero attached hydrogens (tertiary/aromatic N) is 2. The molecule has 0 aliphatic rings. The molecule has 0 radical (unpaired) electrons. The van der Waals surface area contributed by atoms with Crippen molar-refractivity contribution in [3.8, 4) is 23.1 Å². The Bertz CT molecular complexity index is 956. The van der Waals surface area contributed by atoms with Gasteiger partial charge in [-0.1, -0.05) is 6.07 Å². The number of nitriles is 1. The largest absolute Gasteiger partial charge is 0.497 e. The Morgan fingerprint density at radius 3 is 2.67 bits per heavy atom. The number of aromatic amines is 1. The highest BCUT2D eigenvalue weighted by Crippen LogP contribution is 2.21. The lowest BCUT2D eigenvalue weighted by molar-refractivity contribution is 0.415. The molecule has 0 bridgehead atoms. The molecule has 1 aromatic heterocycles. The molecule has 0 saturated heterocycles. The maximum atomic E-state index is 11.9. The van der Waals surface area contributed by atoms with Crippen molar-refractivity contribution >= 4 is 11.6 Å². The third-order valence-electron chi connectivity index (χ3n) is 3.38. The number of anilines is 2. The van der Waals surface area contributed by atoms with E-state index in [-0.39, 0.29) is 5.56 Å². The normalized spacial score (nSPS) is 10.0. The number of H-pyrrole nitrogens is 1. The second-order valence-corrected chi connectivity index (χ2v) is 5.03. The Labute approximate surface area is 138 Å². The summed E-state index contributed by atoms with van der Waals surface area (Å²) in [4.78, 5) is 19.0. The summed E-state index contributed by atoms with van der Waals surface area (Å²) in [5.74, 6) is 1.04. The molecule has 0 aliphatic heterocycles. The number of hydrogen-bond donors (Lipinski definition) is 2. The predicted molar refractivity (Wildman–Crippen MR) is 91.3 cm³/mol. The molecule has 6 nitrogen and oxygen atoms in total. The van der Waals surface area contributed by atoms with Crippen molar-refractivity contribution in [1.82, 2.24) is 9.97 Å². The molecular weight excluding hydrogens is 304 g/mol. The first kappa shape index (κ1) is 15.3. The lowest BCUT2D eigenvalue weighted by Gasteiger charge is -2.08. The van der Waals surface area contributed by atoms with Crippen LogP contribution >= 0.6 is 0 Å². The maximum Gasteiger partial charge on any atom is 0.252 e. The maximum absolute atomic E-state index is 11.9. The van der Waals surface area contributed by atoms with E-state index in [9.17, 15) is 4.79 Å². The first-order valence-corrected chi connectivity index (χ1v) is 7.21. The first-order valence-electron chi connectivity index (χ1n) is 7.21. The molecule has 0 atom stereocenters. The molecule has 6 heteroatoms. The summed E-state index contributed by atoms with van der Waals surface area (Å²) in [6.07, 6.45) is 0. The van der Waals surface area contributed by atoms with Crippen LogP contribution in [0.2, 0.25) is 0 Å². The molecule has 2 aromatic carbocycles. The van der Waals surface area contributed by atoms with Crippen molar-refractivity contribution in [2.45, 2.75) is 0 Å². The Morgan fingerprint density at radius 1 is 1.17 bits per heavy atom. The van der Waals surface area contributed by atoms with Gasteiger partial charge in [0.25, 0.3) is 5.56 Å². The number of ether oxygens (including phenoxy) is 1. The monoisotopic (exact) mass is 318 g/mol. The van der Waals surface area contributed by atoms with Gasteiger partial charge in [-0.15, -0.1) is 0 Å². The molecule has 0 spiro atoms. The fourth-order valence-electron chi connectivity index (χ4n) is 2.23. The Kier molecular flexibility index (Phi) is 4.25. The summed E-state index contributed by atoms with van der Waals surface area (Å²) in [5.41, 5.74) is 2.27. The van der Waals surface area contributed by atoms with E-state index in [0.29, 0.717) is 22.9 Å². The number of methoxy groups -OCH3 is 1. The van der Waals surface area contributed by atoms with Crippen LogP contribution in [-0.4, -0.2) is 17.1 Å². The minimum atomic E-state index is -0.269. The zero-order chi connectivity index (χ0) is 16.9. The van der Waals surface area contributed by atoms with Gasteiger partial charge in [0.15, 0.2) is 0 Å². The SMILES string of the molecule is COc1ccc(-c2cc(=O)[nH]c(Nc3cccc(C#N)c3)n2)cc1. The molecule has 0 amide bonds. The van der Waals surface area contributed by atoms with E-state index in [1.165, 1.54) is 6.07 Å². The lowest BCUT2D eigenvalue weighted by Crippen LogP contribution is -2.10. The van der Waals surface area contributed by atoms with Gasteiger partial charge in [0.05, 0.1) is 24.4 Å². The number of hydrogen-bond acceptors (Lipinski definition) is 5. The van der Waals surface area contributed by atoms with Crippen molar-refractivity contribution < 1.29 is 4.74 Å². The van der Waals surface area contributed by atoms with Crippen molar-refractivity contribution in [2.24, 2.45) is 0 Å². The quantitative estimate of drug-likeness (QED) is 0.771. The van der Waals surface area contributed by atoms with Crippen molar-refractivity contribution in [3.63, 3.8) is 0 Å². The van der Waals surface area contributed by atoms with Crippen molar-refractivity contribution in [1.29, 1.82) is 5.26 Å². The second-order valence-electron chi connectivity index (χ2n) is 5.03. The van der Waals surface area contributed by atoms with E-state index >= 15 is 0 Å². The van der Waals surface area contributed by atoms with E-state index in [1.54, 1.807) is 31.4 Å². The van der Waals surface area contributed by atoms with Crippen LogP contribution in [0.25, 0.3) is 11.3 Å². The molecular formula is C18H14N4O2. The molecule has 3 aromatic rings. The van der Waals surface area contributed by atoms with Crippen LogP contribution in [0, 0.1) is 11.3 Å². The Morgan fingerprint density at radius 2 is 1.96 bits per heavy atom. The number of rotatable bonds is 4. The van der Waals surface area contributed by atoms with Crippen molar-refractivity contribution in [3.05, 3.63) is 70.5 Å². The van der Waals surface area contributed by atoms with E-state index in [0.717, 1.165) is 11.3 Å². The zero-order valence-electron chi connectivity index (χ0n) is 12.9. The van der Waals surface area contributed by atoms with E-state index in [1.807, 2.05) is 24.3 Å². The highest BCUT2D eigenvalue weighted by molar-refractivity contribution is 5.63. The summed E-state index contributed by atoms with van der Waals surface area (Å²) in [6.45, 7) is 0. The van der Waals surface area contributed by atoms with Crippen LogP contribution in [0.5, 0.6) is 5.75 Å². The summed E-state index contributed by atoms with van der Waals surface area (Å²) in [6, 6.07) is 17.7. The molecule has 0 fully saturated rings. The van der Waals surface area contributed by atoms with Gasteiger partial charge in [-0.25, -0.2) is 4.98 Å².